The summed E-state index contributed by atoms with van der Waals surface area (Å²) in [5.41, 5.74) is 1.33. The van der Waals surface area contributed by atoms with Gasteiger partial charge in [0.15, 0.2) is 0 Å². The third-order valence-electron chi connectivity index (χ3n) is 2.26. The Bertz CT molecular complexity index is 301. The molecule has 0 aromatic heterocycles. The quantitative estimate of drug-likeness (QED) is 0.794. The second kappa shape index (κ2) is 6.08. The van der Waals surface area contributed by atoms with E-state index in [1.54, 1.807) is 0 Å². The van der Waals surface area contributed by atoms with Crippen LogP contribution in [0.15, 0.2) is 22.7 Å². The number of rotatable bonds is 4. The predicted molar refractivity (Wildman–Crippen MR) is 73.5 cm³/mol. The smallest absolute Gasteiger partial charge is 0.0220 e. The zero-order valence-electron chi connectivity index (χ0n) is 8.48. The second-order valence-corrected chi connectivity index (χ2v) is 5.53. The van der Waals surface area contributed by atoms with Gasteiger partial charge in [0, 0.05) is 20.6 Å². The van der Waals surface area contributed by atoms with Crippen molar-refractivity contribution in [2.24, 2.45) is 0 Å². The maximum atomic E-state index is 3.56. The molecule has 0 bridgehead atoms. The van der Waals surface area contributed by atoms with Gasteiger partial charge in [-0.15, -0.1) is 0 Å². The molecule has 0 fully saturated rings. The van der Waals surface area contributed by atoms with E-state index in [2.05, 4.69) is 75.9 Å². The molecule has 0 aliphatic heterocycles. The van der Waals surface area contributed by atoms with Gasteiger partial charge in [-0.05, 0) is 59.7 Å². The van der Waals surface area contributed by atoms with Crippen molar-refractivity contribution in [3.8, 4) is 0 Å². The van der Waals surface area contributed by atoms with Gasteiger partial charge in [0.2, 0.25) is 0 Å². The van der Waals surface area contributed by atoms with Gasteiger partial charge in [0.25, 0.3) is 0 Å². The van der Waals surface area contributed by atoms with Crippen LogP contribution in [0.5, 0.6) is 0 Å². The van der Waals surface area contributed by atoms with Crippen molar-refractivity contribution in [3.05, 3.63) is 31.8 Å². The fourth-order valence-electron chi connectivity index (χ4n) is 1.11. The van der Waals surface area contributed by atoms with Gasteiger partial charge in [-0.25, -0.2) is 0 Å². The van der Waals surface area contributed by atoms with Gasteiger partial charge in [0.1, 0.15) is 0 Å². The molecule has 1 aromatic carbocycles. The first kappa shape index (κ1) is 12.5. The third kappa shape index (κ3) is 3.87. The molecule has 0 aliphatic carbocycles. The summed E-state index contributed by atoms with van der Waals surface area (Å²) in [5, 5.41) is 3.48. The van der Waals surface area contributed by atoms with Gasteiger partial charge in [-0.3, -0.25) is 0 Å². The van der Waals surface area contributed by atoms with E-state index < -0.39 is 0 Å². The van der Waals surface area contributed by atoms with E-state index in [1.807, 2.05) is 0 Å². The highest BCUT2D eigenvalue weighted by molar-refractivity contribution is 14.1. The van der Waals surface area contributed by atoms with Crippen LogP contribution in [0.3, 0.4) is 0 Å². The van der Waals surface area contributed by atoms with E-state index in [9.17, 15) is 0 Å². The lowest BCUT2D eigenvalue weighted by Gasteiger charge is -2.12. The lowest BCUT2D eigenvalue weighted by atomic mass is 10.2. The fraction of sp³-hybridized carbons (Fsp3) is 0.455. The van der Waals surface area contributed by atoms with Crippen molar-refractivity contribution in [2.45, 2.75) is 32.9 Å². The molecule has 3 heteroatoms. The molecule has 0 aliphatic rings. The van der Waals surface area contributed by atoms with Crippen molar-refractivity contribution >= 4 is 38.5 Å². The number of benzene rings is 1. The zero-order chi connectivity index (χ0) is 10.6. The van der Waals surface area contributed by atoms with Gasteiger partial charge in [-0.1, -0.05) is 22.9 Å². The molecule has 1 rings (SSSR count). The molecular weight excluding hydrogens is 353 g/mol. The molecule has 0 radical (unpaired) electrons. The minimum absolute atomic E-state index is 0.583. The van der Waals surface area contributed by atoms with Gasteiger partial charge in [-0.2, -0.15) is 0 Å². The molecule has 0 spiro atoms. The van der Waals surface area contributed by atoms with Crippen LogP contribution in [0.25, 0.3) is 0 Å². The van der Waals surface area contributed by atoms with E-state index in [4.69, 9.17) is 0 Å². The minimum Gasteiger partial charge on any atom is -0.310 e. The molecule has 0 amide bonds. The Hall–Kier alpha value is 0.390. The molecule has 1 aromatic rings. The molecule has 1 unspecified atom stereocenters. The van der Waals surface area contributed by atoms with Crippen molar-refractivity contribution in [1.29, 1.82) is 0 Å². The Morgan fingerprint density at radius 2 is 2.21 bits per heavy atom. The van der Waals surface area contributed by atoms with Crippen LogP contribution in [0.2, 0.25) is 0 Å². The average molecular weight is 368 g/mol. The van der Waals surface area contributed by atoms with Crippen molar-refractivity contribution in [1.82, 2.24) is 5.32 Å². The highest BCUT2D eigenvalue weighted by Crippen LogP contribution is 2.19. The summed E-state index contributed by atoms with van der Waals surface area (Å²) in [7, 11) is 0. The van der Waals surface area contributed by atoms with E-state index in [1.165, 1.54) is 20.0 Å². The molecular formula is C11H15BrIN. The number of halogens is 2. The highest BCUT2D eigenvalue weighted by Gasteiger charge is 2.02. The average Bonchev–Trinajstić information content (AvgIpc) is 2.19. The van der Waals surface area contributed by atoms with E-state index in [-0.39, 0.29) is 0 Å². The summed E-state index contributed by atoms with van der Waals surface area (Å²) in [5.74, 6) is 0. The maximum Gasteiger partial charge on any atom is 0.0220 e. The lowest BCUT2D eigenvalue weighted by Crippen LogP contribution is -2.24. The Morgan fingerprint density at radius 3 is 2.86 bits per heavy atom. The topological polar surface area (TPSA) is 12.0 Å². The van der Waals surface area contributed by atoms with E-state index in [0.29, 0.717) is 6.04 Å². The number of nitrogens with one attached hydrogen (secondary N) is 1. The molecule has 78 valence electrons. The lowest BCUT2D eigenvalue weighted by molar-refractivity contribution is 0.533. The van der Waals surface area contributed by atoms with Crippen molar-refractivity contribution < 1.29 is 0 Å². The Morgan fingerprint density at radius 1 is 1.50 bits per heavy atom. The summed E-state index contributed by atoms with van der Waals surface area (Å²) >= 11 is 5.90. The minimum atomic E-state index is 0.583. The van der Waals surface area contributed by atoms with Crippen molar-refractivity contribution in [2.75, 3.05) is 0 Å². The number of hydrogen-bond acceptors (Lipinski definition) is 1. The molecule has 0 heterocycles. The van der Waals surface area contributed by atoms with Crippen LogP contribution in [0, 0.1) is 3.57 Å². The summed E-state index contributed by atoms with van der Waals surface area (Å²) < 4.78 is 2.47. The monoisotopic (exact) mass is 367 g/mol. The van der Waals surface area contributed by atoms with Crippen LogP contribution in [0.1, 0.15) is 25.8 Å². The molecule has 1 atom stereocenters. The molecule has 0 saturated heterocycles. The van der Waals surface area contributed by atoms with Crippen LogP contribution in [-0.4, -0.2) is 6.04 Å². The second-order valence-electron chi connectivity index (χ2n) is 3.43. The van der Waals surface area contributed by atoms with Gasteiger partial charge < -0.3 is 5.32 Å². The molecule has 1 N–H and O–H groups in total. The first-order valence-corrected chi connectivity index (χ1v) is 6.68. The SMILES string of the molecule is CCC(C)NCc1cc(I)ccc1Br. The fourth-order valence-corrected chi connectivity index (χ4v) is 2.05. The zero-order valence-corrected chi connectivity index (χ0v) is 12.2. The summed E-state index contributed by atoms with van der Waals surface area (Å²) in [6, 6.07) is 7.01. The van der Waals surface area contributed by atoms with Crippen LogP contribution < -0.4 is 5.32 Å². The molecule has 1 nitrogen and oxygen atoms in total. The highest BCUT2D eigenvalue weighted by atomic mass is 127. The standard InChI is InChI=1S/C11H15BrIN/c1-3-8(2)14-7-9-6-10(13)4-5-11(9)12/h4-6,8,14H,3,7H2,1-2H3. The van der Waals surface area contributed by atoms with Gasteiger partial charge in [0.05, 0.1) is 0 Å². The van der Waals surface area contributed by atoms with E-state index in [0.717, 1.165) is 6.54 Å². The predicted octanol–water partition coefficient (Wildman–Crippen LogP) is 3.94. The summed E-state index contributed by atoms with van der Waals surface area (Å²) in [4.78, 5) is 0. The summed E-state index contributed by atoms with van der Waals surface area (Å²) in [6.45, 7) is 5.34. The Kier molecular flexibility index (Phi) is 5.41. The third-order valence-corrected chi connectivity index (χ3v) is 3.71. The van der Waals surface area contributed by atoms with Crippen molar-refractivity contribution in [3.63, 3.8) is 0 Å². The summed E-state index contributed by atoms with van der Waals surface area (Å²) in [6.07, 6.45) is 1.17. The van der Waals surface area contributed by atoms with Crippen LogP contribution >= 0.6 is 38.5 Å². The van der Waals surface area contributed by atoms with Gasteiger partial charge >= 0.3 is 0 Å². The maximum absolute atomic E-state index is 3.56. The first-order valence-electron chi connectivity index (χ1n) is 4.80. The Labute approximate surface area is 108 Å². The first-order chi connectivity index (χ1) is 6.63. The number of hydrogen-bond donors (Lipinski definition) is 1. The largest absolute Gasteiger partial charge is 0.310 e. The normalized spacial score (nSPS) is 12.9. The van der Waals surface area contributed by atoms with E-state index >= 15 is 0 Å². The molecule has 14 heavy (non-hydrogen) atoms. The van der Waals surface area contributed by atoms with Crippen LogP contribution in [-0.2, 0) is 6.54 Å². The Balaban J connectivity index is 2.62. The van der Waals surface area contributed by atoms with Crippen LogP contribution in [0.4, 0.5) is 0 Å². The molecule has 0 saturated carbocycles.